The number of carbonyl (C=O) groups excluding carboxylic acids is 3. The number of piperidine rings is 1. The largest absolute Gasteiger partial charge is 0.508 e. The summed E-state index contributed by atoms with van der Waals surface area (Å²) in [5.74, 6) is 0.980. The molecule has 7 heterocycles. The number of amides is 3. The minimum absolute atomic E-state index is 0.0369. The number of nitrogens with zero attached hydrogens (tertiary/aromatic N) is 7. The highest BCUT2D eigenvalue weighted by molar-refractivity contribution is 6.03. The van der Waals surface area contributed by atoms with Gasteiger partial charge < -0.3 is 40.5 Å². The first-order valence-corrected chi connectivity index (χ1v) is 29.5. The van der Waals surface area contributed by atoms with Crippen LogP contribution in [0.4, 0.5) is 14.6 Å². The molecule has 0 saturated carbocycles. The maximum absolute atomic E-state index is 17.1. The predicted molar refractivity (Wildman–Crippen MR) is 314 cm³/mol. The van der Waals surface area contributed by atoms with E-state index in [0.717, 1.165) is 126 Å². The lowest BCUT2D eigenvalue weighted by Gasteiger charge is -2.35. The highest BCUT2D eigenvalue weighted by atomic mass is 19.1. The summed E-state index contributed by atoms with van der Waals surface area (Å²) in [5, 5.41) is 21.6. The Bertz CT molecular complexity index is 3220. The van der Waals surface area contributed by atoms with Crippen molar-refractivity contribution in [3.63, 3.8) is 0 Å². The number of phenolic OH excluding ortho intramolecular Hbond substituents is 1. The number of likely N-dealkylation sites (tertiary alicyclic amines) is 2. The average molecular weight is 1110 g/mol. The van der Waals surface area contributed by atoms with Crippen molar-refractivity contribution in [2.24, 2.45) is 10.4 Å². The average Bonchev–Trinajstić information content (AvgIpc) is 4.30. The monoisotopic (exact) mass is 1100 g/mol. The predicted octanol–water partition coefficient (Wildman–Crippen LogP) is 10.1. The lowest BCUT2D eigenvalue weighted by Crippen LogP contribution is -2.57. The Labute approximate surface area is 474 Å². The van der Waals surface area contributed by atoms with Gasteiger partial charge in [-0.1, -0.05) is 95.5 Å². The lowest BCUT2D eigenvalue weighted by molar-refractivity contribution is -0.143. The molecule has 5 aromatic rings. The van der Waals surface area contributed by atoms with E-state index in [0.29, 0.717) is 67.7 Å². The summed E-state index contributed by atoms with van der Waals surface area (Å²) in [6.07, 6.45) is 23.7. The number of anilines is 1. The number of hydrogen-bond acceptors (Lipinski definition) is 12. The highest BCUT2D eigenvalue weighted by Gasteiger charge is 2.42. The Kier molecular flexibility index (Phi) is 17.9. The second-order valence-electron chi connectivity index (χ2n) is 24.0. The number of allylic oxidation sites excluding steroid dienone is 2. The topological polar surface area (TPSA) is 178 Å². The van der Waals surface area contributed by atoms with Gasteiger partial charge in [-0.25, -0.2) is 8.78 Å². The fourth-order valence-electron chi connectivity index (χ4n) is 12.6. The summed E-state index contributed by atoms with van der Waals surface area (Å²) in [6.45, 7) is 12.9. The number of rotatable bonds is 21. The fraction of sp³-hybridized carbons (Fsp3) is 0.516. The number of pyridine rings is 1. The van der Waals surface area contributed by atoms with Crippen LogP contribution in [0.3, 0.4) is 0 Å². The molecule has 0 spiro atoms. The Morgan fingerprint density at radius 2 is 1.62 bits per heavy atom. The first kappa shape index (κ1) is 57.2. The van der Waals surface area contributed by atoms with Crippen LogP contribution in [0, 0.1) is 29.4 Å². The molecule has 4 saturated heterocycles. The second-order valence-corrected chi connectivity index (χ2v) is 24.0. The maximum atomic E-state index is 17.1. The third kappa shape index (κ3) is 13.3. The number of fused-ring (bicyclic) bond motifs is 4. The first-order chi connectivity index (χ1) is 39.1. The van der Waals surface area contributed by atoms with Crippen molar-refractivity contribution in [3.05, 3.63) is 88.7 Å². The van der Waals surface area contributed by atoms with Crippen molar-refractivity contribution >= 4 is 57.0 Å². The quantitative estimate of drug-likeness (QED) is 0.0406. The van der Waals surface area contributed by atoms with E-state index in [4.69, 9.17) is 21.1 Å². The number of nitrogens with one attached hydrogen (secondary N) is 3. The van der Waals surface area contributed by atoms with E-state index in [1.807, 2.05) is 46.0 Å². The van der Waals surface area contributed by atoms with Gasteiger partial charge in [0, 0.05) is 93.3 Å². The van der Waals surface area contributed by atoms with Gasteiger partial charge in [0.05, 0.1) is 10.9 Å². The Morgan fingerprint density at radius 3 is 2.31 bits per heavy atom. The standard InChI is InChI=1S/C64H78F2N10O5/c1-6-48-52(65)25-22-43-34-46(77)35-50(55(43)48)57-56(66)58-51(37-68-57)60(75-38-44-23-24-45(39-75)70-44)73-63(72-58)81-47-27-32-74(33-28-47)30-14-12-10-8-7-9-11-13-17-54(78)71-59(64(3,4)5)62(80)76-31-15-16-53(76)61(79)69-36-41-18-20-42(21-19-41)49-26-29-67-40(49)2/h1,18-22,25,29,34-35,37,44-45,47,53,59,70,77H,7-17,23-24,26-28,30-33,36,38-39H2,2-5H3,(H,69,79)(H,71,78)/t44?,45?,53-,59?/m0/s1. The Balaban J connectivity index is 0.643. The lowest BCUT2D eigenvalue weighted by atomic mass is 9.85. The van der Waals surface area contributed by atoms with E-state index in [-0.39, 0.29) is 63.3 Å². The van der Waals surface area contributed by atoms with Crippen LogP contribution in [0.1, 0.15) is 147 Å². The van der Waals surface area contributed by atoms with Crippen LogP contribution in [0.15, 0.2) is 65.4 Å². The molecule has 10 rings (SSSR count). The molecular formula is C64H78F2N10O5. The third-order valence-corrected chi connectivity index (χ3v) is 17.1. The summed E-state index contributed by atoms with van der Waals surface area (Å²) in [7, 11) is 0. The van der Waals surface area contributed by atoms with Gasteiger partial charge in [-0.05, 0) is 111 Å². The number of benzene rings is 3. The van der Waals surface area contributed by atoms with E-state index in [1.54, 1.807) is 11.1 Å². The number of phenols is 1. The Hall–Kier alpha value is -7.03. The SMILES string of the molecule is C#Cc1c(F)ccc2cc(O)cc(-c3ncc4c(N5CC6CCC(C5)N6)nc(OC5CCN(CCCCCCCCCCC(=O)NC(C(=O)N6CCC[C@H]6C(=O)NCc6ccc(C7=C(C)N=CC7)cc6)C(C)(C)C)CC5)nc4c3F)c12. The molecule has 0 radical (unpaired) electrons. The van der Waals surface area contributed by atoms with Crippen molar-refractivity contribution in [1.29, 1.82) is 0 Å². The molecule has 5 aliphatic heterocycles. The van der Waals surface area contributed by atoms with Gasteiger partial charge in [-0.2, -0.15) is 9.97 Å². The van der Waals surface area contributed by atoms with Crippen LogP contribution in [0.5, 0.6) is 11.8 Å². The Morgan fingerprint density at radius 1 is 0.901 bits per heavy atom. The highest BCUT2D eigenvalue weighted by Crippen LogP contribution is 2.40. The zero-order valence-corrected chi connectivity index (χ0v) is 47.5. The fourth-order valence-corrected chi connectivity index (χ4v) is 12.6. The molecule has 4 atom stereocenters. The van der Waals surface area contributed by atoms with Crippen LogP contribution in [-0.2, 0) is 20.9 Å². The summed E-state index contributed by atoms with van der Waals surface area (Å²) in [4.78, 5) is 65.7. The van der Waals surface area contributed by atoms with Gasteiger partial charge in [0.2, 0.25) is 17.7 Å². The molecule has 4 fully saturated rings. The molecular weight excluding hydrogens is 1030 g/mol. The van der Waals surface area contributed by atoms with Gasteiger partial charge in [0.15, 0.2) is 5.82 Å². The van der Waals surface area contributed by atoms with Crippen LogP contribution in [0.25, 0.3) is 38.5 Å². The molecule has 3 amide bonds. The van der Waals surface area contributed by atoms with Gasteiger partial charge >= 0.3 is 6.01 Å². The number of aromatic nitrogens is 3. The molecule has 15 nitrogen and oxygen atoms in total. The third-order valence-electron chi connectivity index (χ3n) is 17.1. The van der Waals surface area contributed by atoms with E-state index < -0.39 is 29.1 Å². The molecule has 428 valence electrons. The smallest absolute Gasteiger partial charge is 0.319 e. The number of halogens is 2. The summed E-state index contributed by atoms with van der Waals surface area (Å²) < 4.78 is 38.6. The molecule has 2 aromatic heterocycles. The normalized spacial score (nSPS) is 19.9. The van der Waals surface area contributed by atoms with Crippen molar-refractivity contribution in [3.8, 4) is 35.4 Å². The number of carbonyl (C=O) groups is 3. The van der Waals surface area contributed by atoms with Gasteiger partial charge in [-0.3, -0.25) is 24.4 Å². The number of unbranched alkanes of at least 4 members (excludes halogenated alkanes) is 7. The van der Waals surface area contributed by atoms with Crippen LogP contribution >= 0.6 is 0 Å². The van der Waals surface area contributed by atoms with E-state index in [9.17, 15) is 19.5 Å². The number of hydrogen-bond donors (Lipinski definition) is 4. The van der Waals surface area contributed by atoms with Gasteiger partial charge in [0.25, 0.3) is 0 Å². The maximum Gasteiger partial charge on any atom is 0.319 e. The number of aromatic hydroxyl groups is 1. The van der Waals surface area contributed by atoms with Crippen LogP contribution in [-0.4, -0.2) is 123 Å². The molecule has 0 aliphatic carbocycles. The molecule has 5 aliphatic rings. The zero-order chi connectivity index (χ0) is 56.8. The summed E-state index contributed by atoms with van der Waals surface area (Å²) >= 11 is 0. The van der Waals surface area contributed by atoms with E-state index >= 15 is 8.78 Å². The van der Waals surface area contributed by atoms with Crippen LogP contribution in [0.2, 0.25) is 0 Å². The van der Waals surface area contributed by atoms with Crippen molar-refractivity contribution in [2.75, 3.05) is 44.2 Å². The zero-order valence-electron chi connectivity index (χ0n) is 47.5. The minimum Gasteiger partial charge on any atom is -0.508 e. The molecule has 17 heteroatoms. The van der Waals surface area contributed by atoms with Crippen LogP contribution < -0.4 is 25.6 Å². The second kappa shape index (κ2) is 25.4. The van der Waals surface area contributed by atoms with E-state index in [1.165, 1.54) is 29.8 Å². The number of aliphatic imine (C=N–C) groups is 1. The number of ether oxygens (including phenoxy) is 1. The van der Waals surface area contributed by atoms with Crippen molar-refractivity contribution in [2.45, 2.75) is 167 Å². The number of terminal acetylenes is 1. The molecule has 3 unspecified atom stereocenters. The van der Waals surface area contributed by atoms with E-state index in [2.05, 4.69) is 53.8 Å². The summed E-state index contributed by atoms with van der Waals surface area (Å²) in [5.41, 5.74) is 3.88. The molecule has 2 bridgehead atoms. The van der Waals surface area contributed by atoms with Gasteiger partial charge in [-0.15, -0.1) is 6.42 Å². The summed E-state index contributed by atoms with van der Waals surface area (Å²) in [6, 6.07) is 13.1. The van der Waals surface area contributed by atoms with Crippen molar-refractivity contribution < 1.29 is 33.0 Å². The number of piperazine rings is 1. The molecule has 4 N–H and O–H groups in total. The van der Waals surface area contributed by atoms with Crippen molar-refractivity contribution in [1.82, 2.24) is 40.7 Å². The molecule has 3 aromatic carbocycles. The minimum atomic E-state index is -0.735. The van der Waals surface area contributed by atoms with Gasteiger partial charge in [0.1, 0.15) is 46.8 Å². The molecule has 81 heavy (non-hydrogen) atoms. The first-order valence-electron chi connectivity index (χ1n) is 29.5.